The van der Waals surface area contributed by atoms with Gasteiger partial charge < -0.3 is 10.1 Å². The molecule has 0 unspecified atom stereocenters. The predicted molar refractivity (Wildman–Crippen MR) is 98.4 cm³/mol. The van der Waals surface area contributed by atoms with Crippen LogP contribution in [0.2, 0.25) is 0 Å². The molecule has 0 radical (unpaired) electrons. The first-order chi connectivity index (χ1) is 11.6. The molecule has 126 valence electrons. The lowest BCUT2D eigenvalue weighted by Gasteiger charge is -2.11. The van der Waals surface area contributed by atoms with Crippen molar-refractivity contribution < 1.29 is 14.3 Å². The number of carbonyl (C=O) groups excluding carboxylic acids is 2. The smallest absolute Gasteiger partial charge is 0.338 e. The molecule has 0 bridgehead atoms. The van der Waals surface area contributed by atoms with Crippen molar-refractivity contribution >= 4 is 29.3 Å². The van der Waals surface area contributed by atoms with Crippen molar-refractivity contribution in [3.05, 3.63) is 65.2 Å². The summed E-state index contributed by atoms with van der Waals surface area (Å²) in [6, 6.07) is 15.4. The Bertz CT molecular complexity index is 701. The summed E-state index contributed by atoms with van der Waals surface area (Å²) in [4.78, 5) is 23.8. The predicted octanol–water partition coefficient (Wildman–Crippen LogP) is 4.04. The molecule has 2 aromatic rings. The highest BCUT2D eigenvalue weighted by Gasteiger charge is 2.13. The summed E-state index contributed by atoms with van der Waals surface area (Å²) >= 11 is 1.73. The van der Waals surface area contributed by atoms with E-state index < -0.39 is 5.97 Å². The first-order valence-electron chi connectivity index (χ1n) is 7.71. The van der Waals surface area contributed by atoms with Crippen LogP contribution in [0.25, 0.3) is 0 Å². The summed E-state index contributed by atoms with van der Waals surface area (Å²) in [7, 11) is 1.34. The second-order valence-electron chi connectivity index (χ2n) is 5.31. The number of hydrogen-bond donors (Lipinski definition) is 1. The Kier molecular flexibility index (Phi) is 6.88. The average Bonchev–Trinajstić information content (AvgIpc) is 2.61. The minimum atomic E-state index is -0.401. The fourth-order valence-electron chi connectivity index (χ4n) is 2.24. The molecule has 0 atom stereocenters. The van der Waals surface area contributed by atoms with E-state index in [2.05, 4.69) is 17.4 Å². The number of carbonyl (C=O) groups is 2. The molecule has 0 saturated carbocycles. The molecule has 2 rings (SSSR count). The molecule has 5 heteroatoms. The van der Waals surface area contributed by atoms with Gasteiger partial charge in [-0.15, -0.1) is 0 Å². The Hall–Kier alpha value is -2.27. The van der Waals surface area contributed by atoms with E-state index in [-0.39, 0.29) is 5.91 Å². The number of amides is 1. The van der Waals surface area contributed by atoms with Crippen LogP contribution in [0.3, 0.4) is 0 Å². The van der Waals surface area contributed by atoms with Crippen LogP contribution in [0.5, 0.6) is 0 Å². The molecule has 0 aliphatic carbocycles. The zero-order chi connectivity index (χ0) is 17.4. The molecule has 24 heavy (non-hydrogen) atoms. The van der Waals surface area contributed by atoms with E-state index in [0.29, 0.717) is 17.7 Å². The molecule has 0 aliphatic heterocycles. The van der Waals surface area contributed by atoms with Gasteiger partial charge in [-0.25, -0.2) is 4.79 Å². The molecular weight excluding hydrogens is 322 g/mol. The Morgan fingerprint density at radius 1 is 1.08 bits per heavy atom. The zero-order valence-corrected chi connectivity index (χ0v) is 14.7. The van der Waals surface area contributed by atoms with Crippen LogP contribution < -0.4 is 5.32 Å². The van der Waals surface area contributed by atoms with E-state index >= 15 is 0 Å². The van der Waals surface area contributed by atoms with Crippen molar-refractivity contribution in [3.8, 4) is 0 Å². The first-order valence-corrected chi connectivity index (χ1v) is 8.86. The van der Waals surface area contributed by atoms with E-state index in [9.17, 15) is 9.59 Å². The van der Waals surface area contributed by atoms with Crippen LogP contribution in [-0.4, -0.2) is 24.7 Å². The normalized spacial score (nSPS) is 10.2. The number of ether oxygens (including phenoxy) is 1. The molecule has 1 amide bonds. The minimum Gasteiger partial charge on any atom is -0.465 e. The fourth-order valence-corrected chi connectivity index (χ4v) is 3.15. The number of benzene rings is 2. The van der Waals surface area contributed by atoms with Gasteiger partial charge in [0.1, 0.15) is 0 Å². The summed E-state index contributed by atoms with van der Waals surface area (Å²) in [5, 5.41) is 2.87. The largest absolute Gasteiger partial charge is 0.465 e. The maximum Gasteiger partial charge on any atom is 0.338 e. The Labute approximate surface area is 146 Å². The molecule has 0 aromatic heterocycles. The number of methoxy groups -OCH3 is 1. The standard InChI is InChI=1S/C19H21NO3S/c1-14-16(19(22)23-2)9-6-10-17(14)20-18(21)11-12-24-13-15-7-4-3-5-8-15/h3-10H,11-13H2,1-2H3,(H,20,21). The Balaban J connectivity index is 1.83. The van der Waals surface area contributed by atoms with E-state index in [0.717, 1.165) is 17.1 Å². The lowest BCUT2D eigenvalue weighted by molar-refractivity contribution is -0.115. The molecule has 4 nitrogen and oxygen atoms in total. The van der Waals surface area contributed by atoms with Gasteiger partial charge in [-0.2, -0.15) is 11.8 Å². The van der Waals surface area contributed by atoms with Crippen LogP contribution >= 0.6 is 11.8 Å². The van der Waals surface area contributed by atoms with Gasteiger partial charge in [-0.05, 0) is 30.2 Å². The number of anilines is 1. The molecular formula is C19H21NO3S. The third-order valence-electron chi connectivity index (χ3n) is 3.60. The third-order valence-corrected chi connectivity index (χ3v) is 4.63. The van der Waals surface area contributed by atoms with Gasteiger partial charge >= 0.3 is 5.97 Å². The molecule has 0 aliphatic rings. The number of nitrogens with one attached hydrogen (secondary N) is 1. The maximum atomic E-state index is 12.1. The van der Waals surface area contributed by atoms with Gasteiger partial charge in [0.25, 0.3) is 0 Å². The van der Waals surface area contributed by atoms with Crippen molar-refractivity contribution in [3.63, 3.8) is 0 Å². The molecule has 0 heterocycles. The van der Waals surface area contributed by atoms with Gasteiger partial charge in [-0.3, -0.25) is 4.79 Å². The van der Waals surface area contributed by atoms with Crippen molar-refractivity contribution in [1.29, 1.82) is 0 Å². The van der Waals surface area contributed by atoms with Gasteiger partial charge in [0.2, 0.25) is 5.91 Å². The van der Waals surface area contributed by atoms with Crippen LogP contribution in [-0.2, 0) is 15.3 Å². The summed E-state index contributed by atoms with van der Waals surface area (Å²) in [6.45, 7) is 1.80. The number of rotatable bonds is 7. The van der Waals surface area contributed by atoms with Gasteiger partial charge in [0, 0.05) is 23.6 Å². The van der Waals surface area contributed by atoms with Crippen molar-refractivity contribution in [2.45, 2.75) is 19.1 Å². The minimum absolute atomic E-state index is 0.0549. The van der Waals surface area contributed by atoms with Crippen molar-refractivity contribution in [2.24, 2.45) is 0 Å². The highest BCUT2D eigenvalue weighted by atomic mass is 32.2. The Morgan fingerprint density at radius 3 is 2.54 bits per heavy atom. The molecule has 0 spiro atoms. The molecule has 1 N–H and O–H groups in total. The second kappa shape index (κ2) is 9.13. The van der Waals surface area contributed by atoms with Gasteiger partial charge in [0.05, 0.1) is 12.7 Å². The van der Waals surface area contributed by atoms with Crippen LogP contribution in [0, 0.1) is 6.92 Å². The molecule has 0 fully saturated rings. The monoisotopic (exact) mass is 343 g/mol. The third kappa shape index (κ3) is 5.13. The van der Waals surface area contributed by atoms with E-state index in [1.54, 1.807) is 36.9 Å². The van der Waals surface area contributed by atoms with Gasteiger partial charge in [0.15, 0.2) is 0 Å². The highest BCUT2D eigenvalue weighted by molar-refractivity contribution is 7.98. The zero-order valence-electron chi connectivity index (χ0n) is 13.9. The maximum absolute atomic E-state index is 12.1. The lowest BCUT2D eigenvalue weighted by Crippen LogP contribution is -2.14. The van der Waals surface area contributed by atoms with E-state index in [4.69, 9.17) is 4.74 Å². The number of thioether (sulfide) groups is 1. The molecule has 2 aromatic carbocycles. The van der Waals surface area contributed by atoms with Crippen molar-refractivity contribution in [1.82, 2.24) is 0 Å². The van der Waals surface area contributed by atoms with E-state index in [1.165, 1.54) is 12.7 Å². The quantitative estimate of drug-likeness (QED) is 0.609. The van der Waals surface area contributed by atoms with Crippen molar-refractivity contribution in [2.75, 3.05) is 18.2 Å². The first kappa shape index (κ1) is 18.1. The fraction of sp³-hybridized carbons (Fsp3) is 0.263. The van der Waals surface area contributed by atoms with Crippen LogP contribution in [0.15, 0.2) is 48.5 Å². The molecule has 0 saturated heterocycles. The van der Waals surface area contributed by atoms with Gasteiger partial charge in [-0.1, -0.05) is 36.4 Å². The van der Waals surface area contributed by atoms with Crippen LogP contribution in [0.4, 0.5) is 5.69 Å². The Morgan fingerprint density at radius 2 is 1.83 bits per heavy atom. The average molecular weight is 343 g/mol. The number of esters is 1. The number of hydrogen-bond acceptors (Lipinski definition) is 4. The second-order valence-corrected chi connectivity index (χ2v) is 6.41. The summed E-state index contributed by atoms with van der Waals surface area (Å²) in [5.41, 5.74) is 3.09. The van der Waals surface area contributed by atoms with Crippen LogP contribution in [0.1, 0.15) is 27.9 Å². The summed E-state index contributed by atoms with van der Waals surface area (Å²) < 4.78 is 4.74. The van der Waals surface area contributed by atoms with E-state index in [1.807, 2.05) is 18.2 Å². The summed E-state index contributed by atoms with van der Waals surface area (Å²) in [5.74, 6) is 1.18. The highest BCUT2D eigenvalue weighted by Crippen LogP contribution is 2.20. The SMILES string of the molecule is COC(=O)c1cccc(NC(=O)CCSCc2ccccc2)c1C. The topological polar surface area (TPSA) is 55.4 Å². The summed E-state index contributed by atoms with van der Waals surface area (Å²) in [6.07, 6.45) is 0.430. The lowest BCUT2D eigenvalue weighted by atomic mass is 10.1.